The molecule has 0 atom stereocenters. The number of benzene rings is 1. The number of esters is 1. The molecule has 1 amide bonds. The van der Waals surface area contributed by atoms with Crippen LogP contribution in [0.3, 0.4) is 0 Å². The van der Waals surface area contributed by atoms with Gasteiger partial charge in [-0.15, -0.1) is 0 Å². The van der Waals surface area contributed by atoms with Gasteiger partial charge in [-0.1, -0.05) is 0 Å². The number of carbonyl (C=O) groups excluding carboxylic acids is 2. The van der Waals surface area contributed by atoms with Gasteiger partial charge in [0, 0.05) is 19.3 Å². The molecule has 0 unspecified atom stereocenters. The van der Waals surface area contributed by atoms with Crippen molar-refractivity contribution in [2.45, 2.75) is 39.0 Å². The molecule has 32 heavy (non-hydrogen) atoms. The molecule has 0 N–H and O–H groups in total. The maximum atomic E-state index is 12.9. The van der Waals surface area contributed by atoms with Gasteiger partial charge in [0.05, 0.1) is 24.3 Å². The summed E-state index contributed by atoms with van der Waals surface area (Å²) < 4.78 is 89.1. The number of aromatic nitrogens is 2. The second-order valence-electron chi connectivity index (χ2n) is 6.85. The number of imidazole rings is 1. The van der Waals surface area contributed by atoms with Crippen LogP contribution in [0.5, 0.6) is 0 Å². The first-order valence-corrected chi connectivity index (χ1v) is 9.31. The Kier molecular flexibility index (Phi) is 6.37. The summed E-state index contributed by atoms with van der Waals surface area (Å²) in [5.41, 5.74) is -3.39. The van der Waals surface area contributed by atoms with Crippen LogP contribution >= 0.6 is 0 Å². The third kappa shape index (κ3) is 5.32. The highest BCUT2D eigenvalue weighted by atomic mass is 19.4. The van der Waals surface area contributed by atoms with Crippen LogP contribution in [-0.2, 0) is 41.5 Å². The first-order chi connectivity index (χ1) is 14.9. The van der Waals surface area contributed by atoms with Crippen molar-refractivity contribution >= 4 is 12.1 Å². The lowest BCUT2D eigenvalue weighted by Gasteiger charge is -2.27. The number of rotatable bonds is 4. The van der Waals surface area contributed by atoms with Crippen LogP contribution in [0.25, 0.3) is 0 Å². The van der Waals surface area contributed by atoms with E-state index in [-0.39, 0.29) is 38.0 Å². The monoisotopic (exact) mass is 465 g/mol. The number of carbonyl (C=O) groups is 2. The Morgan fingerprint density at radius 3 is 2.19 bits per heavy atom. The number of fused-ring (bicyclic) bond motifs is 1. The number of hydrogen-bond donors (Lipinski definition) is 0. The Morgan fingerprint density at radius 1 is 1.00 bits per heavy atom. The van der Waals surface area contributed by atoms with E-state index >= 15 is 0 Å². The minimum atomic E-state index is -5.00. The molecule has 0 fully saturated rings. The Balaban J connectivity index is 1.69. The number of nitrogens with zero attached hydrogens (tertiary/aromatic N) is 3. The van der Waals surface area contributed by atoms with E-state index in [1.54, 1.807) is 11.5 Å². The standard InChI is InChI=1S/C19H17F6N3O4/c1-2-31-16(29)14-8-27-3-4-28(9-15(27)26-14)17(30)32-10-11-5-12(18(20,21)22)7-13(6-11)19(23,24)25/h5-8H,2-4,9-10H2,1H3. The molecular weight excluding hydrogens is 448 g/mol. The van der Waals surface area contributed by atoms with Crippen molar-refractivity contribution in [3.8, 4) is 0 Å². The lowest BCUT2D eigenvalue weighted by atomic mass is 10.1. The first-order valence-electron chi connectivity index (χ1n) is 9.31. The van der Waals surface area contributed by atoms with E-state index in [0.717, 1.165) is 0 Å². The van der Waals surface area contributed by atoms with Gasteiger partial charge in [-0.3, -0.25) is 4.90 Å². The average molecular weight is 465 g/mol. The molecule has 0 aliphatic carbocycles. The second kappa shape index (κ2) is 8.71. The van der Waals surface area contributed by atoms with Crippen LogP contribution in [0.4, 0.5) is 31.1 Å². The number of ether oxygens (including phenoxy) is 2. The molecule has 13 heteroatoms. The molecule has 1 aliphatic heterocycles. The Morgan fingerprint density at radius 2 is 1.62 bits per heavy atom. The third-order valence-electron chi connectivity index (χ3n) is 4.55. The largest absolute Gasteiger partial charge is 0.461 e. The van der Waals surface area contributed by atoms with Crippen molar-refractivity contribution in [2.24, 2.45) is 0 Å². The zero-order valence-corrected chi connectivity index (χ0v) is 16.6. The van der Waals surface area contributed by atoms with Gasteiger partial charge in [-0.2, -0.15) is 26.3 Å². The van der Waals surface area contributed by atoms with E-state index in [1.807, 2.05) is 0 Å². The number of halogens is 6. The molecule has 7 nitrogen and oxygen atoms in total. The van der Waals surface area contributed by atoms with E-state index in [4.69, 9.17) is 9.47 Å². The van der Waals surface area contributed by atoms with Gasteiger partial charge in [0.25, 0.3) is 0 Å². The van der Waals surface area contributed by atoms with Gasteiger partial charge in [0.15, 0.2) is 5.69 Å². The summed E-state index contributed by atoms with van der Waals surface area (Å²) in [5.74, 6) is -0.275. The molecule has 0 spiro atoms. The highest BCUT2D eigenvalue weighted by molar-refractivity contribution is 5.87. The Bertz CT molecular complexity index is 983. The summed E-state index contributed by atoms with van der Waals surface area (Å²) in [6.45, 7) is 1.34. The predicted molar refractivity (Wildman–Crippen MR) is 95.2 cm³/mol. The van der Waals surface area contributed by atoms with Crippen LogP contribution in [0, 0.1) is 0 Å². The van der Waals surface area contributed by atoms with Crippen LogP contribution in [0.1, 0.15) is 39.9 Å². The zero-order valence-electron chi connectivity index (χ0n) is 16.6. The van der Waals surface area contributed by atoms with E-state index in [2.05, 4.69) is 4.98 Å². The molecule has 0 saturated heterocycles. The molecule has 2 heterocycles. The summed E-state index contributed by atoms with van der Waals surface area (Å²) >= 11 is 0. The molecule has 0 radical (unpaired) electrons. The maximum absolute atomic E-state index is 12.9. The fourth-order valence-electron chi connectivity index (χ4n) is 3.05. The quantitative estimate of drug-likeness (QED) is 0.499. The predicted octanol–water partition coefficient (Wildman–Crippen LogP) is 4.25. The van der Waals surface area contributed by atoms with Gasteiger partial charge in [0.1, 0.15) is 12.4 Å². The van der Waals surface area contributed by atoms with Crippen LogP contribution < -0.4 is 0 Å². The molecular formula is C19H17F6N3O4. The molecule has 1 aliphatic rings. The van der Waals surface area contributed by atoms with Crippen LogP contribution in [-0.4, -0.2) is 39.7 Å². The molecule has 0 bridgehead atoms. The van der Waals surface area contributed by atoms with Crippen molar-refractivity contribution in [3.05, 3.63) is 52.6 Å². The summed E-state index contributed by atoms with van der Waals surface area (Å²) in [5, 5.41) is 0. The van der Waals surface area contributed by atoms with Crippen molar-refractivity contribution in [1.29, 1.82) is 0 Å². The number of alkyl halides is 6. The summed E-state index contributed by atoms with van der Waals surface area (Å²) in [4.78, 5) is 29.4. The van der Waals surface area contributed by atoms with E-state index in [1.165, 1.54) is 11.1 Å². The molecule has 3 rings (SSSR count). The van der Waals surface area contributed by atoms with Crippen molar-refractivity contribution in [1.82, 2.24) is 14.5 Å². The van der Waals surface area contributed by atoms with E-state index in [9.17, 15) is 35.9 Å². The van der Waals surface area contributed by atoms with E-state index in [0.29, 0.717) is 18.0 Å². The van der Waals surface area contributed by atoms with Crippen molar-refractivity contribution in [2.75, 3.05) is 13.2 Å². The zero-order chi connectivity index (χ0) is 23.7. The van der Waals surface area contributed by atoms with Gasteiger partial charge < -0.3 is 14.0 Å². The molecule has 1 aromatic heterocycles. The summed E-state index contributed by atoms with van der Waals surface area (Å²) in [7, 11) is 0. The average Bonchev–Trinajstić information content (AvgIpc) is 3.14. The number of hydrogen-bond acceptors (Lipinski definition) is 5. The first kappa shape index (κ1) is 23.4. The normalized spacial score (nSPS) is 14.2. The topological polar surface area (TPSA) is 73.7 Å². The van der Waals surface area contributed by atoms with Crippen molar-refractivity contribution < 1.29 is 45.4 Å². The third-order valence-corrected chi connectivity index (χ3v) is 4.55. The van der Waals surface area contributed by atoms with Gasteiger partial charge in [-0.25, -0.2) is 14.6 Å². The minimum Gasteiger partial charge on any atom is -0.461 e. The lowest BCUT2D eigenvalue weighted by molar-refractivity contribution is -0.143. The molecule has 1 aromatic carbocycles. The van der Waals surface area contributed by atoms with Gasteiger partial charge in [0.2, 0.25) is 0 Å². The van der Waals surface area contributed by atoms with Crippen LogP contribution in [0.2, 0.25) is 0 Å². The summed E-state index contributed by atoms with van der Waals surface area (Å²) in [6.07, 6.45) is -9.47. The fourth-order valence-corrected chi connectivity index (χ4v) is 3.05. The molecule has 2 aromatic rings. The van der Waals surface area contributed by atoms with Gasteiger partial charge in [-0.05, 0) is 30.7 Å². The SMILES string of the molecule is CCOC(=O)c1cn2c(n1)CN(C(=O)OCc1cc(C(F)(F)F)cc(C(F)(F)F)c1)CC2. The highest BCUT2D eigenvalue weighted by Gasteiger charge is 2.37. The highest BCUT2D eigenvalue weighted by Crippen LogP contribution is 2.36. The van der Waals surface area contributed by atoms with Crippen molar-refractivity contribution in [3.63, 3.8) is 0 Å². The summed E-state index contributed by atoms with van der Waals surface area (Å²) in [6, 6.07) is 0.991. The minimum absolute atomic E-state index is 0.00306. The fraction of sp³-hybridized carbons (Fsp3) is 0.421. The maximum Gasteiger partial charge on any atom is 0.416 e. The van der Waals surface area contributed by atoms with Crippen LogP contribution in [0.15, 0.2) is 24.4 Å². The molecule has 0 saturated carbocycles. The van der Waals surface area contributed by atoms with E-state index < -0.39 is 47.7 Å². The lowest BCUT2D eigenvalue weighted by Crippen LogP contribution is -2.38. The molecule has 174 valence electrons. The number of amides is 1. The Labute approximate surface area is 177 Å². The Hall–Kier alpha value is -3.25. The smallest absolute Gasteiger partial charge is 0.416 e. The van der Waals surface area contributed by atoms with Gasteiger partial charge >= 0.3 is 24.4 Å². The second-order valence-corrected chi connectivity index (χ2v) is 6.85.